The Balaban J connectivity index is 1.44. The van der Waals surface area contributed by atoms with Gasteiger partial charge in [0.25, 0.3) is 0 Å². The van der Waals surface area contributed by atoms with Gasteiger partial charge < -0.3 is 20.5 Å². The van der Waals surface area contributed by atoms with Gasteiger partial charge in [-0.1, -0.05) is 12.5 Å². The molecule has 0 bridgehead atoms. The van der Waals surface area contributed by atoms with Gasteiger partial charge in [-0.2, -0.15) is 13.2 Å². The van der Waals surface area contributed by atoms with Gasteiger partial charge in [0.1, 0.15) is 17.3 Å². The van der Waals surface area contributed by atoms with Crippen LogP contribution in [0.4, 0.5) is 24.8 Å². The summed E-state index contributed by atoms with van der Waals surface area (Å²) < 4.78 is 40.4. The van der Waals surface area contributed by atoms with Crippen LogP contribution in [0.5, 0.6) is 0 Å². The van der Waals surface area contributed by atoms with Crippen LogP contribution in [0, 0.1) is 5.92 Å². The third-order valence-corrected chi connectivity index (χ3v) is 8.28. The average Bonchev–Trinajstić information content (AvgIpc) is 3.51. The number of halogens is 3. The van der Waals surface area contributed by atoms with Gasteiger partial charge in [0.15, 0.2) is 5.82 Å². The molecular weight excluding hydrogens is 467 g/mol. The standard InChI is InChI=1S/C26H28F3N7/c27-26(28,29)21-12-16-15(4-9-32-23(16)34-21)24-33-19-5-8-30-13-17(14-2-1-3-14)22(19)25(35-24)36-11-7-18-20(36)6-10-31-18/h4-5,12-14,18,20,31-32,34H,1-3,6-11H2/t18-,20?/m1/s1. The predicted octanol–water partition coefficient (Wildman–Crippen LogP) is 2.44. The number of fused-ring (bicyclic) bond motifs is 3. The molecule has 7 nitrogen and oxygen atoms in total. The molecule has 2 aromatic heterocycles. The third-order valence-electron chi connectivity index (χ3n) is 8.28. The predicted molar refractivity (Wildman–Crippen MR) is 133 cm³/mol. The number of hydrogen-bond donors (Lipinski definition) is 3. The van der Waals surface area contributed by atoms with E-state index in [9.17, 15) is 13.2 Å². The first-order valence-corrected chi connectivity index (χ1v) is 12.8. The Hall–Kier alpha value is -3.14. The van der Waals surface area contributed by atoms with Crippen molar-refractivity contribution in [3.8, 4) is 0 Å². The second kappa shape index (κ2) is 8.19. The van der Waals surface area contributed by atoms with Crippen molar-refractivity contribution in [2.75, 3.05) is 36.4 Å². The first kappa shape index (κ1) is 22.1. The fourth-order valence-electron chi connectivity index (χ4n) is 6.27. The third kappa shape index (κ3) is 3.48. The summed E-state index contributed by atoms with van der Waals surface area (Å²) in [4.78, 5) is 19.7. The fraction of sp³-hybridized carbons (Fsp3) is 0.500. The van der Waals surface area contributed by atoms with E-state index in [2.05, 4.69) is 25.5 Å². The summed E-state index contributed by atoms with van der Waals surface area (Å²) in [5.41, 5.74) is 1.52. The van der Waals surface area contributed by atoms with Crippen molar-refractivity contribution in [2.24, 2.45) is 10.9 Å². The molecule has 2 atom stereocenters. The van der Waals surface area contributed by atoms with Gasteiger partial charge in [0, 0.05) is 47.7 Å². The van der Waals surface area contributed by atoms with E-state index in [1.807, 2.05) is 18.4 Å². The van der Waals surface area contributed by atoms with Crippen molar-refractivity contribution in [1.29, 1.82) is 0 Å². The summed E-state index contributed by atoms with van der Waals surface area (Å²) in [7, 11) is 0. The molecule has 4 aliphatic heterocycles. The highest BCUT2D eigenvalue weighted by Crippen LogP contribution is 2.38. The summed E-state index contributed by atoms with van der Waals surface area (Å²) in [5.74, 6) is 2.19. The lowest BCUT2D eigenvalue weighted by Crippen LogP contribution is -2.44. The maximum atomic E-state index is 13.5. The molecule has 6 heterocycles. The molecule has 1 saturated carbocycles. The Bertz CT molecular complexity index is 1400. The SMILES string of the molecule is FC(F)(F)c1cc2c([nH]1)NCC=C2c1nc(N2CC[C@H]3NCCC32)c2c(n1)=CCN=CC=2C1CCC1. The largest absolute Gasteiger partial charge is 0.431 e. The van der Waals surface area contributed by atoms with Crippen LogP contribution >= 0.6 is 0 Å². The lowest BCUT2D eigenvalue weighted by Gasteiger charge is -2.29. The van der Waals surface area contributed by atoms with Crippen LogP contribution in [-0.2, 0) is 6.18 Å². The maximum Gasteiger partial charge on any atom is 0.431 e. The molecule has 3 N–H and O–H groups in total. The summed E-state index contributed by atoms with van der Waals surface area (Å²) >= 11 is 0. The van der Waals surface area contributed by atoms with Gasteiger partial charge in [-0.25, -0.2) is 9.97 Å². The summed E-state index contributed by atoms with van der Waals surface area (Å²) in [6.07, 6.45) is 7.08. The Morgan fingerprint density at radius 1 is 1.06 bits per heavy atom. The van der Waals surface area contributed by atoms with Gasteiger partial charge in [-0.3, -0.25) is 4.99 Å². The van der Waals surface area contributed by atoms with E-state index in [1.165, 1.54) is 12.0 Å². The van der Waals surface area contributed by atoms with Gasteiger partial charge >= 0.3 is 6.18 Å². The van der Waals surface area contributed by atoms with Crippen molar-refractivity contribution in [3.05, 3.63) is 39.8 Å². The van der Waals surface area contributed by atoms with Crippen molar-refractivity contribution in [3.63, 3.8) is 0 Å². The van der Waals surface area contributed by atoms with Gasteiger partial charge in [0.2, 0.25) is 0 Å². The van der Waals surface area contributed by atoms with Crippen molar-refractivity contribution in [1.82, 2.24) is 20.3 Å². The first-order valence-electron chi connectivity index (χ1n) is 12.8. The first-order chi connectivity index (χ1) is 17.5. The summed E-state index contributed by atoms with van der Waals surface area (Å²) in [6, 6.07) is 1.97. The van der Waals surface area contributed by atoms with E-state index in [4.69, 9.17) is 9.97 Å². The molecule has 0 radical (unpaired) electrons. The average molecular weight is 496 g/mol. The zero-order valence-corrected chi connectivity index (χ0v) is 19.8. The van der Waals surface area contributed by atoms with Crippen molar-refractivity contribution < 1.29 is 13.2 Å². The van der Waals surface area contributed by atoms with Crippen LogP contribution in [0.2, 0.25) is 0 Å². The minimum Gasteiger partial charge on any atom is -0.368 e. The number of anilines is 2. The van der Waals surface area contributed by atoms with Crippen LogP contribution < -0.4 is 26.1 Å². The molecule has 0 spiro atoms. The molecule has 188 valence electrons. The van der Waals surface area contributed by atoms with Gasteiger partial charge in [-0.15, -0.1) is 0 Å². The zero-order chi connectivity index (χ0) is 24.4. The zero-order valence-electron chi connectivity index (χ0n) is 19.8. The molecule has 3 fully saturated rings. The second-order valence-corrected chi connectivity index (χ2v) is 10.3. The number of H-pyrrole nitrogens is 1. The number of rotatable bonds is 3. The quantitative estimate of drug-likeness (QED) is 0.610. The van der Waals surface area contributed by atoms with Crippen LogP contribution in [-0.4, -0.2) is 59.4 Å². The minimum atomic E-state index is -4.46. The lowest BCUT2D eigenvalue weighted by atomic mass is 9.79. The Morgan fingerprint density at radius 2 is 1.94 bits per heavy atom. The molecule has 1 unspecified atom stereocenters. The highest BCUT2D eigenvalue weighted by Gasteiger charge is 2.40. The molecule has 0 amide bonds. The number of nitrogens with one attached hydrogen (secondary N) is 3. The van der Waals surface area contributed by atoms with Gasteiger partial charge in [-0.05, 0) is 55.9 Å². The Labute approximate surface area is 206 Å². The summed E-state index contributed by atoms with van der Waals surface area (Å²) in [6.45, 7) is 2.82. The number of alkyl halides is 3. The highest BCUT2D eigenvalue weighted by atomic mass is 19.4. The van der Waals surface area contributed by atoms with E-state index in [1.54, 1.807) is 0 Å². The summed E-state index contributed by atoms with van der Waals surface area (Å²) in [5, 5.41) is 8.56. The van der Waals surface area contributed by atoms with Gasteiger partial charge in [0.05, 0.1) is 11.9 Å². The monoisotopic (exact) mass is 495 g/mol. The molecule has 5 aliphatic rings. The fourth-order valence-corrected chi connectivity index (χ4v) is 6.27. The minimum absolute atomic E-state index is 0.357. The molecule has 36 heavy (non-hydrogen) atoms. The molecule has 2 aromatic rings. The molecular formula is C26H28F3N7. The van der Waals surface area contributed by atoms with E-state index in [-0.39, 0.29) is 0 Å². The van der Waals surface area contributed by atoms with Crippen LogP contribution in [0.1, 0.15) is 49.2 Å². The normalized spacial score (nSPS) is 25.4. The Morgan fingerprint density at radius 3 is 2.75 bits per heavy atom. The molecule has 7 rings (SSSR count). The highest BCUT2D eigenvalue weighted by molar-refractivity contribution is 6.04. The topological polar surface area (TPSA) is 81.2 Å². The van der Waals surface area contributed by atoms with E-state index < -0.39 is 11.9 Å². The van der Waals surface area contributed by atoms with E-state index in [0.717, 1.165) is 61.2 Å². The van der Waals surface area contributed by atoms with Crippen molar-refractivity contribution in [2.45, 2.75) is 50.4 Å². The second-order valence-electron chi connectivity index (χ2n) is 10.3. The number of aromatic nitrogens is 3. The van der Waals surface area contributed by atoms with E-state index >= 15 is 0 Å². The molecule has 0 aromatic carbocycles. The molecule has 2 saturated heterocycles. The van der Waals surface area contributed by atoms with Crippen molar-refractivity contribution >= 4 is 35.1 Å². The lowest BCUT2D eigenvalue weighted by molar-refractivity contribution is -0.140. The number of hydrogen-bond acceptors (Lipinski definition) is 6. The maximum absolute atomic E-state index is 13.5. The number of aromatic amines is 1. The smallest absolute Gasteiger partial charge is 0.368 e. The van der Waals surface area contributed by atoms with E-state index in [0.29, 0.717) is 53.9 Å². The number of aliphatic imine (C=N–C) groups is 1. The molecule has 1 aliphatic carbocycles. The molecule has 10 heteroatoms. The van der Waals surface area contributed by atoms with Crippen LogP contribution in [0.15, 0.2) is 17.1 Å². The Kier molecular flexibility index (Phi) is 5.03. The van der Waals surface area contributed by atoms with Crippen LogP contribution in [0.3, 0.4) is 0 Å². The number of nitrogens with zero attached hydrogens (tertiary/aromatic N) is 4. The van der Waals surface area contributed by atoms with Crippen LogP contribution in [0.25, 0.3) is 17.2 Å².